The van der Waals surface area contributed by atoms with Crippen LogP contribution in [0.2, 0.25) is 0 Å². The van der Waals surface area contributed by atoms with Crippen molar-refractivity contribution in [1.82, 2.24) is 25.1 Å². The number of rotatable bonds is 1. The lowest BCUT2D eigenvalue weighted by atomic mass is 10.2. The Morgan fingerprint density at radius 3 is 2.60 bits per heavy atom. The Balaban J connectivity index is 1.73. The SMILES string of the molecule is Cn1nnnc1C1[C@H]2CN(C(=O)O)C[C@@H]12. The maximum Gasteiger partial charge on any atom is 0.407 e. The first-order valence-electron chi connectivity index (χ1n) is 4.88. The van der Waals surface area contributed by atoms with Gasteiger partial charge < -0.3 is 10.0 Å². The summed E-state index contributed by atoms with van der Waals surface area (Å²) in [4.78, 5) is 12.2. The molecule has 2 aliphatic rings. The number of hydrogen-bond donors (Lipinski definition) is 1. The van der Waals surface area contributed by atoms with Gasteiger partial charge in [0, 0.05) is 26.1 Å². The summed E-state index contributed by atoms with van der Waals surface area (Å²) in [5.41, 5.74) is 0. The Hall–Kier alpha value is -1.66. The molecule has 1 unspecified atom stereocenters. The van der Waals surface area contributed by atoms with Crippen LogP contribution < -0.4 is 0 Å². The maximum atomic E-state index is 10.7. The van der Waals surface area contributed by atoms with E-state index >= 15 is 0 Å². The van der Waals surface area contributed by atoms with Crippen molar-refractivity contribution in [2.24, 2.45) is 18.9 Å². The normalized spacial score (nSPS) is 32.9. The van der Waals surface area contributed by atoms with E-state index in [1.165, 1.54) is 4.90 Å². The van der Waals surface area contributed by atoms with Crippen LogP contribution in [0.25, 0.3) is 0 Å². The summed E-state index contributed by atoms with van der Waals surface area (Å²) in [5, 5.41) is 20.2. The zero-order chi connectivity index (χ0) is 10.6. The number of hydrogen-bond acceptors (Lipinski definition) is 4. The van der Waals surface area contributed by atoms with Crippen molar-refractivity contribution in [1.29, 1.82) is 0 Å². The highest BCUT2D eigenvalue weighted by molar-refractivity contribution is 5.66. The Morgan fingerprint density at radius 2 is 2.13 bits per heavy atom. The number of nitrogens with zero attached hydrogens (tertiary/aromatic N) is 5. The molecule has 0 spiro atoms. The molecule has 15 heavy (non-hydrogen) atoms. The lowest BCUT2D eigenvalue weighted by Gasteiger charge is -2.14. The Morgan fingerprint density at radius 1 is 1.47 bits per heavy atom. The molecule has 2 fully saturated rings. The van der Waals surface area contributed by atoms with E-state index in [-0.39, 0.29) is 0 Å². The molecule has 7 nitrogen and oxygen atoms in total. The molecule has 1 aliphatic carbocycles. The molecule has 0 radical (unpaired) electrons. The second-order valence-electron chi connectivity index (χ2n) is 4.20. The van der Waals surface area contributed by atoms with E-state index in [2.05, 4.69) is 15.5 Å². The number of fused-ring (bicyclic) bond motifs is 1. The van der Waals surface area contributed by atoms with Crippen molar-refractivity contribution >= 4 is 6.09 Å². The van der Waals surface area contributed by atoms with Crippen molar-refractivity contribution in [2.45, 2.75) is 5.92 Å². The summed E-state index contributed by atoms with van der Waals surface area (Å²) >= 11 is 0. The van der Waals surface area contributed by atoms with Crippen LogP contribution in [0.15, 0.2) is 0 Å². The van der Waals surface area contributed by atoms with Crippen molar-refractivity contribution in [3.8, 4) is 0 Å². The van der Waals surface area contributed by atoms with Crippen molar-refractivity contribution in [3.05, 3.63) is 5.82 Å². The maximum absolute atomic E-state index is 10.7. The van der Waals surface area contributed by atoms with Gasteiger partial charge in [0.25, 0.3) is 0 Å². The molecule has 2 heterocycles. The average molecular weight is 209 g/mol. The van der Waals surface area contributed by atoms with Gasteiger partial charge in [-0.25, -0.2) is 9.48 Å². The highest BCUT2D eigenvalue weighted by atomic mass is 16.4. The van der Waals surface area contributed by atoms with Gasteiger partial charge in [-0.05, 0) is 22.3 Å². The van der Waals surface area contributed by atoms with Crippen molar-refractivity contribution in [2.75, 3.05) is 13.1 Å². The van der Waals surface area contributed by atoms with Gasteiger partial charge >= 0.3 is 6.09 Å². The predicted molar refractivity (Wildman–Crippen MR) is 48.1 cm³/mol. The third-order valence-electron chi connectivity index (χ3n) is 3.42. The fourth-order valence-corrected chi connectivity index (χ4v) is 2.58. The minimum atomic E-state index is -0.822. The Kier molecular flexibility index (Phi) is 1.54. The third kappa shape index (κ3) is 1.12. The minimum absolute atomic E-state index is 0.362. The number of likely N-dealkylation sites (tertiary alicyclic amines) is 1. The van der Waals surface area contributed by atoms with Crippen LogP contribution in [0.1, 0.15) is 11.7 Å². The van der Waals surface area contributed by atoms with Gasteiger partial charge in [-0.2, -0.15) is 0 Å². The van der Waals surface area contributed by atoms with Crippen LogP contribution in [0, 0.1) is 11.8 Å². The van der Waals surface area contributed by atoms with E-state index in [4.69, 9.17) is 5.11 Å². The number of amides is 1. The van der Waals surface area contributed by atoms with Gasteiger partial charge in [0.15, 0.2) is 5.82 Å². The molecule has 80 valence electrons. The predicted octanol–water partition coefficient (Wildman–Crippen LogP) is -0.467. The van der Waals surface area contributed by atoms with Gasteiger partial charge in [0.05, 0.1) is 0 Å². The molecule has 3 atom stereocenters. The fourth-order valence-electron chi connectivity index (χ4n) is 2.58. The van der Waals surface area contributed by atoms with Gasteiger partial charge in [0.1, 0.15) is 0 Å². The van der Waals surface area contributed by atoms with E-state index in [1.807, 2.05) is 7.05 Å². The molecular formula is C8H11N5O2. The van der Waals surface area contributed by atoms with Crippen LogP contribution in [0.3, 0.4) is 0 Å². The number of aryl methyl sites for hydroxylation is 1. The summed E-state index contributed by atoms with van der Waals surface area (Å²) < 4.78 is 1.67. The van der Waals surface area contributed by atoms with Crippen molar-refractivity contribution < 1.29 is 9.90 Å². The summed E-state index contributed by atoms with van der Waals surface area (Å²) in [6.07, 6.45) is -0.822. The van der Waals surface area contributed by atoms with Gasteiger partial charge in [0.2, 0.25) is 0 Å². The molecule has 0 bridgehead atoms. The Labute approximate surface area is 85.7 Å². The summed E-state index contributed by atoms with van der Waals surface area (Å²) in [6, 6.07) is 0. The molecule has 3 rings (SSSR count). The van der Waals surface area contributed by atoms with E-state index in [0.29, 0.717) is 30.8 Å². The lowest BCUT2D eigenvalue weighted by molar-refractivity contribution is 0.149. The highest BCUT2D eigenvalue weighted by Crippen LogP contribution is 2.57. The topological polar surface area (TPSA) is 84.1 Å². The Bertz CT molecular complexity index is 405. The van der Waals surface area contributed by atoms with Crippen LogP contribution in [0.4, 0.5) is 4.79 Å². The molecular weight excluding hydrogens is 198 g/mol. The van der Waals surface area contributed by atoms with Crippen molar-refractivity contribution in [3.63, 3.8) is 0 Å². The summed E-state index contributed by atoms with van der Waals surface area (Å²) in [5.74, 6) is 2.09. The standard InChI is InChI=1S/C8H11N5O2/c1-12-7(9-10-11-12)6-4-2-13(8(14)15)3-5(4)6/h4-6H,2-3H2,1H3,(H,14,15)/t4-,5+,6?. The second-order valence-corrected chi connectivity index (χ2v) is 4.20. The van der Waals surface area contributed by atoms with E-state index in [9.17, 15) is 4.79 Å². The molecule has 1 amide bonds. The lowest BCUT2D eigenvalue weighted by Crippen LogP contribution is -2.29. The molecule has 1 aromatic rings. The fraction of sp³-hybridized carbons (Fsp3) is 0.750. The number of carboxylic acid groups (broad SMARTS) is 1. The largest absolute Gasteiger partial charge is 0.465 e. The van der Waals surface area contributed by atoms with Gasteiger partial charge in [-0.3, -0.25) is 0 Å². The van der Waals surface area contributed by atoms with Gasteiger partial charge in [-0.15, -0.1) is 5.10 Å². The number of tetrazole rings is 1. The van der Waals surface area contributed by atoms with Crippen LogP contribution in [0.5, 0.6) is 0 Å². The number of aromatic nitrogens is 4. The first-order chi connectivity index (χ1) is 7.18. The molecule has 1 aromatic heterocycles. The molecule has 7 heteroatoms. The zero-order valence-corrected chi connectivity index (χ0v) is 8.24. The molecule has 1 aliphatic heterocycles. The smallest absolute Gasteiger partial charge is 0.407 e. The quantitative estimate of drug-likeness (QED) is 0.676. The molecule has 1 N–H and O–H groups in total. The first-order valence-corrected chi connectivity index (χ1v) is 4.88. The van der Waals surface area contributed by atoms with Crippen LogP contribution >= 0.6 is 0 Å². The minimum Gasteiger partial charge on any atom is -0.465 e. The van der Waals surface area contributed by atoms with E-state index in [1.54, 1.807) is 4.68 Å². The monoisotopic (exact) mass is 209 g/mol. The summed E-state index contributed by atoms with van der Waals surface area (Å²) in [6.45, 7) is 1.25. The zero-order valence-electron chi connectivity index (χ0n) is 8.24. The van der Waals surface area contributed by atoms with Crippen LogP contribution in [-0.4, -0.2) is 49.4 Å². The second kappa shape index (κ2) is 2.68. The third-order valence-corrected chi connectivity index (χ3v) is 3.42. The van der Waals surface area contributed by atoms with Crippen LogP contribution in [-0.2, 0) is 7.05 Å². The molecule has 1 saturated carbocycles. The van der Waals surface area contributed by atoms with E-state index in [0.717, 1.165) is 5.82 Å². The molecule has 1 saturated heterocycles. The summed E-state index contributed by atoms with van der Waals surface area (Å²) in [7, 11) is 1.82. The number of piperidine rings is 1. The average Bonchev–Trinajstić information content (AvgIpc) is 2.63. The first kappa shape index (κ1) is 8.63. The molecule has 0 aromatic carbocycles. The number of carbonyl (C=O) groups is 1. The van der Waals surface area contributed by atoms with Gasteiger partial charge in [-0.1, -0.05) is 0 Å². The highest BCUT2D eigenvalue weighted by Gasteiger charge is 2.59. The van der Waals surface area contributed by atoms with E-state index < -0.39 is 6.09 Å².